The Morgan fingerprint density at radius 3 is 2.29 bits per heavy atom. The number of hydrogen-bond acceptors (Lipinski definition) is 4. The van der Waals surface area contributed by atoms with Crippen LogP contribution in [0.25, 0.3) is 0 Å². The van der Waals surface area contributed by atoms with Crippen LogP contribution in [0.15, 0.2) is 30.3 Å². The number of benzene rings is 1. The number of rotatable bonds is 7. The summed E-state index contributed by atoms with van der Waals surface area (Å²) in [5.74, 6) is 0.219. The van der Waals surface area contributed by atoms with E-state index < -0.39 is 10.0 Å². The second-order valence-corrected chi connectivity index (χ2v) is 8.47. The Labute approximate surface area is 145 Å². The van der Waals surface area contributed by atoms with Crippen LogP contribution in [-0.4, -0.2) is 81.0 Å². The minimum absolute atomic E-state index is 0.102. The number of carbonyl (C=O) groups excluding carboxylic acids is 1. The molecule has 24 heavy (non-hydrogen) atoms. The first-order valence-corrected chi connectivity index (χ1v) is 9.93. The molecular formula is C17H27N3O3S. The van der Waals surface area contributed by atoms with E-state index in [2.05, 4.69) is 0 Å². The normalized spacial score (nSPS) is 16.5. The molecule has 7 heteroatoms. The molecule has 1 saturated heterocycles. The van der Waals surface area contributed by atoms with Gasteiger partial charge in [-0.1, -0.05) is 30.3 Å². The molecular weight excluding hydrogens is 326 g/mol. The maximum atomic E-state index is 12.5. The zero-order valence-electron chi connectivity index (χ0n) is 14.5. The van der Waals surface area contributed by atoms with Gasteiger partial charge in [0.1, 0.15) is 0 Å². The quantitative estimate of drug-likeness (QED) is 0.722. The molecule has 0 bridgehead atoms. The number of amides is 1. The number of hydrogen-bond donors (Lipinski definition) is 0. The summed E-state index contributed by atoms with van der Waals surface area (Å²) in [5.41, 5.74) is 1.03. The predicted octanol–water partition coefficient (Wildman–Crippen LogP) is 0.655. The van der Waals surface area contributed by atoms with Crippen LogP contribution in [0.5, 0.6) is 0 Å². The lowest BCUT2D eigenvalue weighted by atomic mass is 10.2. The molecule has 134 valence electrons. The van der Waals surface area contributed by atoms with Gasteiger partial charge >= 0.3 is 0 Å². The first-order valence-electron chi connectivity index (χ1n) is 8.33. The van der Waals surface area contributed by atoms with Gasteiger partial charge in [0.25, 0.3) is 0 Å². The highest BCUT2D eigenvalue weighted by atomic mass is 32.2. The molecule has 0 saturated carbocycles. The van der Waals surface area contributed by atoms with Crippen molar-refractivity contribution in [1.29, 1.82) is 0 Å². The van der Waals surface area contributed by atoms with Gasteiger partial charge in [-0.3, -0.25) is 4.79 Å². The third-order valence-electron chi connectivity index (χ3n) is 4.25. The van der Waals surface area contributed by atoms with E-state index in [1.807, 2.05) is 49.3 Å². The van der Waals surface area contributed by atoms with Gasteiger partial charge < -0.3 is 9.80 Å². The molecule has 1 aliphatic heterocycles. The number of carbonyl (C=O) groups is 1. The van der Waals surface area contributed by atoms with Gasteiger partial charge in [0.05, 0.1) is 5.75 Å². The molecule has 1 aromatic rings. The van der Waals surface area contributed by atoms with Crippen molar-refractivity contribution in [3.63, 3.8) is 0 Å². The smallest absolute Gasteiger partial charge is 0.223 e. The molecule has 1 heterocycles. The van der Waals surface area contributed by atoms with E-state index >= 15 is 0 Å². The van der Waals surface area contributed by atoms with E-state index in [0.29, 0.717) is 45.6 Å². The maximum Gasteiger partial charge on any atom is 0.223 e. The summed E-state index contributed by atoms with van der Waals surface area (Å²) in [6.07, 6.45) is 0.999. The van der Waals surface area contributed by atoms with Gasteiger partial charge in [-0.25, -0.2) is 8.42 Å². The molecule has 2 rings (SSSR count). The van der Waals surface area contributed by atoms with Crippen LogP contribution in [-0.2, 0) is 21.2 Å². The third kappa shape index (κ3) is 5.58. The lowest BCUT2D eigenvalue weighted by molar-refractivity contribution is -0.132. The van der Waals surface area contributed by atoms with E-state index in [4.69, 9.17) is 0 Å². The van der Waals surface area contributed by atoms with Gasteiger partial charge in [-0.2, -0.15) is 4.31 Å². The van der Waals surface area contributed by atoms with Crippen molar-refractivity contribution in [2.24, 2.45) is 0 Å². The van der Waals surface area contributed by atoms with Crippen LogP contribution in [0.2, 0.25) is 0 Å². The first-order chi connectivity index (χ1) is 11.4. The Bertz CT molecular complexity index is 624. The van der Waals surface area contributed by atoms with Crippen LogP contribution in [0.3, 0.4) is 0 Å². The van der Waals surface area contributed by atoms with Crippen LogP contribution >= 0.6 is 0 Å². The van der Waals surface area contributed by atoms with E-state index in [1.54, 1.807) is 4.90 Å². The van der Waals surface area contributed by atoms with Crippen molar-refractivity contribution in [1.82, 2.24) is 14.1 Å². The van der Waals surface area contributed by atoms with Crippen molar-refractivity contribution in [3.05, 3.63) is 35.9 Å². The molecule has 0 atom stereocenters. The van der Waals surface area contributed by atoms with Gasteiger partial charge in [0, 0.05) is 39.1 Å². The average molecular weight is 353 g/mol. The molecule has 0 unspecified atom stereocenters. The summed E-state index contributed by atoms with van der Waals surface area (Å²) < 4.78 is 26.5. The largest absolute Gasteiger partial charge is 0.340 e. The lowest BCUT2D eigenvalue weighted by Gasteiger charge is -2.34. The lowest BCUT2D eigenvalue weighted by Crippen LogP contribution is -2.51. The van der Waals surface area contributed by atoms with Gasteiger partial charge in [-0.15, -0.1) is 0 Å². The van der Waals surface area contributed by atoms with Crippen molar-refractivity contribution >= 4 is 15.9 Å². The van der Waals surface area contributed by atoms with Crippen molar-refractivity contribution < 1.29 is 13.2 Å². The van der Waals surface area contributed by atoms with Crippen LogP contribution < -0.4 is 0 Å². The fourth-order valence-corrected chi connectivity index (χ4v) is 4.19. The second kappa shape index (κ2) is 8.60. The number of aryl methyl sites for hydroxylation is 1. The van der Waals surface area contributed by atoms with Crippen LogP contribution in [0.1, 0.15) is 12.0 Å². The summed E-state index contributed by atoms with van der Waals surface area (Å²) in [6, 6.07) is 9.64. The van der Waals surface area contributed by atoms with Crippen molar-refractivity contribution in [3.8, 4) is 0 Å². The van der Waals surface area contributed by atoms with E-state index in [9.17, 15) is 13.2 Å². The zero-order valence-corrected chi connectivity index (χ0v) is 15.3. The third-order valence-corrected chi connectivity index (χ3v) is 6.12. The Balaban J connectivity index is 1.81. The molecule has 1 amide bonds. The highest BCUT2D eigenvalue weighted by molar-refractivity contribution is 7.89. The van der Waals surface area contributed by atoms with Crippen molar-refractivity contribution in [2.45, 2.75) is 12.8 Å². The molecule has 0 spiro atoms. The molecule has 1 fully saturated rings. The average Bonchev–Trinajstić information content (AvgIpc) is 2.59. The zero-order chi connectivity index (χ0) is 17.6. The molecule has 1 aliphatic rings. The fraction of sp³-hybridized carbons (Fsp3) is 0.588. The summed E-state index contributed by atoms with van der Waals surface area (Å²) >= 11 is 0. The number of sulfonamides is 1. The minimum Gasteiger partial charge on any atom is -0.340 e. The highest BCUT2D eigenvalue weighted by Gasteiger charge is 2.28. The monoisotopic (exact) mass is 353 g/mol. The molecule has 0 N–H and O–H groups in total. The Hall–Kier alpha value is -1.44. The summed E-state index contributed by atoms with van der Waals surface area (Å²) in [6.45, 7) is 2.47. The van der Waals surface area contributed by atoms with Crippen molar-refractivity contribution in [2.75, 3.05) is 52.6 Å². The molecule has 0 radical (unpaired) electrons. The molecule has 1 aromatic carbocycles. The van der Waals surface area contributed by atoms with Gasteiger partial charge in [0.2, 0.25) is 15.9 Å². The van der Waals surface area contributed by atoms with Gasteiger partial charge in [-0.05, 0) is 26.1 Å². The second-order valence-electron chi connectivity index (χ2n) is 6.38. The fourth-order valence-electron chi connectivity index (χ4n) is 2.71. The standard InChI is InChI=1S/C17H27N3O3S/c1-18(2)10-8-17(21)19-11-13-20(14-12-19)24(22,23)15-9-16-6-4-3-5-7-16/h3-7H,8-15H2,1-2H3. The summed E-state index contributed by atoms with van der Waals surface area (Å²) in [5, 5.41) is 0. The maximum absolute atomic E-state index is 12.5. The summed E-state index contributed by atoms with van der Waals surface area (Å²) in [7, 11) is 0.601. The van der Waals surface area contributed by atoms with E-state index in [1.165, 1.54) is 4.31 Å². The van der Waals surface area contributed by atoms with E-state index in [0.717, 1.165) is 5.56 Å². The van der Waals surface area contributed by atoms with Gasteiger partial charge in [0.15, 0.2) is 0 Å². The minimum atomic E-state index is -3.27. The topological polar surface area (TPSA) is 60.9 Å². The number of piperazine rings is 1. The Morgan fingerprint density at radius 1 is 1.08 bits per heavy atom. The Kier molecular flexibility index (Phi) is 6.77. The first kappa shape index (κ1) is 18.9. The molecule has 0 aliphatic carbocycles. The molecule has 6 nitrogen and oxygen atoms in total. The van der Waals surface area contributed by atoms with E-state index in [-0.39, 0.29) is 11.7 Å². The molecule has 0 aromatic heterocycles. The highest BCUT2D eigenvalue weighted by Crippen LogP contribution is 2.11. The van der Waals surface area contributed by atoms with Crippen LogP contribution in [0, 0.1) is 0 Å². The number of nitrogens with zero attached hydrogens (tertiary/aromatic N) is 3. The Morgan fingerprint density at radius 2 is 1.71 bits per heavy atom. The predicted molar refractivity (Wildman–Crippen MR) is 95.3 cm³/mol. The summed E-state index contributed by atoms with van der Waals surface area (Å²) in [4.78, 5) is 15.8. The van der Waals surface area contributed by atoms with Crippen LogP contribution in [0.4, 0.5) is 0 Å². The SMILES string of the molecule is CN(C)CCC(=O)N1CCN(S(=O)(=O)CCc2ccccc2)CC1.